The van der Waals surface area contributed by atoms with Crippen molar-refractivity contribution in [1.82, 2.24) is 0 Å². The molecule has 0 amide bonds. The quantitative estimate of drug-likeness (QED) is 0.230. The van der Waals surface area contributed by atoms with Gasteiger partial charge in [-0.15, -0.1) is 0 Å². The first-order chi connectivity index (χ1) is 18.2. The van der Waals surface area contributed by atoms with Crippen molar-refractivity contribution in [2.75, 3.05) is 4.90 Å². The molecule has 5 aromatic rings. The van der Waals surface area contributed by atoms with Gasteiger partial charge in [-0.3, -0.25) is 4.79 Å². The Bertz CT molecular complexity index is 1810. The smallest absolute Gasteiger partial charge is 0.193 e. The lowest BCUT2D eigenvalue weighted by Gasteiger charge is -2.50. The van der Waals surface area contributed by atoms with Gasteiger partial charge in [0, 0.05) is 11.1 Å². The van der Waals surface area contributed by atoms with Crippen LogP contribution >= 0.6 is 0 Å². The lowest BCUT2D eigenvalue weighted by atomic mass is 9.57. The summed E-state index contributed by atoms with van der Waals surface area (Å²) in [5, 5.41) is 9.66. The van der Waals surface area contributed by atoms with Gasteiger partial charge in [0.2, 0.25) is 0 Å². The Balaban J connectivity index is 1.58. The number of para-hydroxylation sites is 2. The van der Waals surface area contributed by atoms with Crippen molar-refractivity contribution in [3.63, 3.8) is 0 Å². The minimum absolute atomic E-state index is 0.0433. The predicted octanol–water partition coefficient (Wildman–Crippen LogP) is 7.37. The number of benzene rings is 5. The molecule has 1 aliphatic carbocycles. The molecule has 0 aromatic heterocycles. The molecule has 0 atom stereocenters. The molecule has 2 aliphatic heterocycles. The third kappa shape index (κ3) is 2.34. The van der Waals surface area contributed by atoms with Gasteiger partial charge in [0.1, 0.15) is 0 Å². The molecule has 37 heavy (non-hydrogen) atoms. The molecule has 0 saturated carbocycles. The molecule has 2 heterocycles. The van der Waals surface area contributed by atoms with Gasteiger partial charge in [0.15, 0.2) is 17.3 Å². The highest BCUT2D eigenvalue weighted by Gasteiger charge is 2.53. The van der Waals surface area contributed by atoms with Crippen molar-refractivity contribution in [1.29, 1.82) is 5.26 Å². The molecule has 0 bridgehead atoms. The van der Waals surface area contributed by atoms with Crippen LogP contribution in [0.2, 0.25) is 0 Å². The average molecular weight is 475 g/mol. The van der Waals surface area contributed by atoms with Crippen molar-refractivity contribution < 1.29 is 9.53 Å². The van der Waals surface area contributed by atoms with Gasteiger partial charge in [-0.05, 0) is 52.6 Å². The number of ether oxygens (including phenoxy) is 1. The van der Waals surface area contributed by atoms with Gasteiger partial charge in [-0.25, -0.2) is 0 Å². The minimum Gasteiger partial charge on any atom is -0.453 e. The van der Waals surface area contributed by atoms with Gasteiger partial charge < -0.3 is 9.64 Å². The highest BCUT2D eigenvalue weighted by Crippen LogP contribution is 2.64. The van der Waals surface area contributed by atoms with Crippen LogP contribution < -0.4 is 9.64 Å². The third-order valence-electron chi connectivity index (χ3n) is 7.88. The maximum atomic E-state index is 13.7. The van der Waals surface area contributed by atoms with Crippen LogP contribution in [0.15, 0.2) is 109 Å². The van der Waals surface area contributed by atoms with Gasteiger partial charge >= 0.3 is 0 Å². The van der Waals surface area contributed by atoms with Crippen LogP contribution in [-0.4, -0.2) is 5.78 Å². The molecule has 4 heteroatoms. The Hall–Kier alpha value is -5.14. The number of nitrogens with zero attached hydrogens (tertiary/aromatic N) is 2. The molecular weight excluding hydrogens is 456 g/mol. The summed E-state index contributed by atoms with van der Waals surface area (Å²) in [6.45, 7) is 0. The molecule has 0 fully saturated rings. The highest BCUT2D eigenvalue weighted by atomic mass is 16.5. The summed E-state index contributed by atoms with van der Waals surface area (Å²) < 4.78 is 6.45. The third-order valence-corrected chi connectivity index (χ3v) is 7.88. The largest absolute Gasteiger partial charge is 0.453 e. The van der Waals surface area contributed by atoms with Crippen LogP contribution in [0.25, 0.3) is 0 Å². The van der Waals surface area contributed by atoms with E-state index in [1.165, 1.54) is 0 Å². The van der Waals surface area contributed by atoms with Crippen LogP contribution in [0, 0.1) is 11.3 Å². The zero-order valence-corrected chi connectivity index (χ0v) is 19.6. The maximum Gasteiger partial charge on any atom is 0.193 e. The van der Waals surface area contributed by atoms with Crippen molar-refractivity contribution >= 4 is 22.8 Å². The standard InChI is InChI=1S/C33H18N2O2/c34-19-20-16-17-29-28(18-20)35-27-14-6-5-12-25(27)33(26-13-7-15-30(37-29)31(26)35)23-10-3-1-8-21(23)32(36)22-9-2-4-11-24(22)33/h1-18H. The van der Waals surface area contributed by atoms with Crippen molar-refractivity contribution in [2.24, 2.45) is 0 Å². The zero-order chi connectivity index (χ0) is 24.7. The Morgan fingerprint density at radius 3 is 2.03 bits per heavy atom. The number of rotatable bonds is 0. The van der Waals surface area contributed by atoms with E-state index in [1.54, 1.807) is 6.07 Å². The van der Waals surface area contributed by atoms with E-state index < -0.39 is 5.41 Å². The number of carbonyl (C=O) groups is 1. The van der Waals surface area contributed by atoms with Crippen molar-refractivity contribution in [3.05, 3.63) is 148 Å². The Morgan fingerprint density at radius 2 is 1.30 bits per heavy atom. The predicted molar refractivity (Wildman–Crippen MR) is 141 cm³/mol. The van der Waals surface area contributed by atoms with Crippen molar-refractivity contribution in [2.45, 2.75) is 5.41 Å². The summed E-state index contributed by atoms with van der Waals surface area (Å²) in [7, 11) is 0. The van der Waals surface area contributed by atoms with Gasteiger partial charge in [0.25, 0.3) is 0 Å². The second-order valence-electron chi connectivity index (χ2n) is 9.57. The van der Waals surface area contributed by atoms with E-state index in [-0.39, 0.29) is 5.78 Å². The summed E-state index contributed by atoms with van der Waals surface area (Å²) in [6.07, 6.45) is 0. The number of anilines is 3. The number of fused-ring (bicyclic) bond motifs is 10. The molecule has 5 aromatic carbocycles. The molecule has 172 valence electrons. The summed E-state index contributed by atoms with van der Waals surface area (Å²) in [5.74, 6) is 1.49. The van der Waals surface area contributed by atoms with E-state index in [0.29, 0.717) is 22.4 Å². The van der Waals surface area contributed by atoms with Crippen molar-refractivity contribution in [3.8, 4) is 17.6 Å². The van der Waals surface area contributed by atoms with E-state index in [1.807, 2.05) is 66.7 Å². The first-order valence-electron chi connectivity index (χ1n) is 12.2. The summed E-state index contributed by atoms with van der Waals surface area (Å²) >= 11 is 0. The molecule has 0 unspecified atom stereocenters. The number of nitriles is 1. The van der Waals surface area contributed by atoms with Crippen LogP contribution in [0.5, 0.6) is 11.5 Å². The van der Waals surface area contributed by atoms with Gasteiger partial charge in [-0.2, -0.15) is 5.26 Å². The van der Waals surface area contributed by atoms with E-state index >= 15 is 0 Å². The summed E-state index contributed by atoms with van der Waals surface area (Å²) in [6, 6.07) is 38.3. The van der Waals surface area contributed by atoms with Gasteiger partial charge in [0.05, 0.1) is 34.1 Å². The molecule has 3 aliphatic rings. The van der Waals surface area contributed by atoms with E-state index in [4.69, 9.17) is 4.74 Å². The van der Waals surface area contributed by atoms with Crippen LogP contribution in [0.1, 0.15) is 43.7 Å². The molecule has 1 spiro atoms. The number of hydrogen-bond donors (Lipinski definition) is 0. The Kier molecular flexibility index (Phi) is 3.78. The summed E-state index contributed by atoms with van der Waals surface area (Å²) in [5.41, 5.74) is 8.11. The monoisotopic (exact) mass is 474 g/mol. The average Bonchev–Trinajstić information content (AvgIpc) is 2.96. The number of ketones is 1. The number of carbonyl (C=O) groups excluding carboxylic acids is 1. The normalized spacial score (nSPS) is 14.9. The molecule has 0 radical (unpaired) electrons. The Labute approximate surface area is 213 Å². The maximum absolute atomic E-state index is 13.7. The fraction of sp³-hybridized carbons (Fsp3) is 0.0303. The Morgan fingerprint density at radius 1 is 0.649 bits per heavy atom. The summed E-state index contributed by atoms with van der Waals surface area (Å²) in [4.78, 5) is 15.9. The zero-order valence-electron chi connectivity index (χ0n) is 19.6. The SMILES string of the molecule is N#Cc1ccc2c(c1)N1c3ccccc3C3(c4ccccc4C(=O)c4ccccc43)c3cccc(c31)O2. The van der Waals surface area contributed by atoms with Gasteiger partial charge in [-0.1, -0.05) is 78.9 Å². The lowest BCUT2D eigenvalue weighted by Crippen LogP contribution is -2.42. The highest BCUT2D eigenvalue weighted by molar-refractivity contribution is 6.15. The first-order valence-corrected chi connectivity index (χ1v) is 12.2. The minimum atomic E-state index is -0.715. The fourth-order valence-corrected chi connectivity index (χ4v) is 6.49. The van der Waals surface area contributed by atoms with Crippen LogP contribution in [0.3, 0.4) is 0 Å². The molecular formula is C33H18N2O2. The fourth-order valence-electron chi connectivity index (χ4n) is 6.49. The number of hydrogen-bond acceptors (Lipinski definition) is 4. The first kappa shape index (κ1) is 20.1. The topological polar surface area (TPSA) is 53.3 Å². The van der Waals surface area contributed by atoms with E-state index in [9.17, 15) is 10.1 Å². The second kappa shape index (κ2) is 6.96. The van der Waals surface area contributed by atoms with Crippen LogP contribution in [0.4, 0.5) is 17.1 Å². The molecule has 0 N–H and O–H groups in total. The van der Waals surface area contributed by atoms with E-state index in [2.05, 4.69) is 47.4 Å². The molecule has 0 saturated heterocycles. The van der Waals surface area contributed by atoms with E-state index in [0.717, 1.165) is 45.1 Å². The lowest BCUT2D eigenvalue weighted by molar-refractivity contribution is 0.103. The second-order valence-corrected chi connectivity index (χ2v) is 9.57. The molecule has 8 rings (SSSR count). The molecule has 4 nitrogen and oxygen atoms in total. The van der Waals surface area contributed by atoms with Crippen LogP contribution in [-0.2, 0) is 5.41 Å².